The zero-order valence-corrected chi connectivity index (χ0v) is 21.0. The Bertz CT molecular complexity index is 1300. The van der Waals surface area contributed by atoms with E-state index >= 15 is 0 Å². The molecule has 1 N–H and O–H groups in total. The molecule has 1 unspecified atom stereocenters. The van der Waals surface area contributed by atoms with Gasteiger partial charge >= 0.3 is 0 Å². The minimum absolute atomic E-state index is 0.108. The van der Waals surface area contributed by atoms with E-state index in [0.29, 0.717) is 11.3 Å². The predicted molar refractivity (Wildman–Crippen MR) is 142 cm³/mol. The van der Waals surface area contributed by atoms with E-state index in [1.807, 2.05) is 81.4 Å². The molecule has 1 saturated heterocycles. The molecule has 0 aliphatic carbocycles. The molecule has 0 spiro atoms. The quantitative estimate of drug-likeness (QED) is 0.270. The first-order chi connectivity index (χ1) is 16.8. The van der Waals surface area contributed by atoms with Crippen LogP contribution in [0, 0.1) is 20.8 Å². The minimum Gasteiger partial charge on any atom is -0.507 e. The summed E-state index contributed by atoms with van der Waals surface area (Å²) in [7, 11) is 0. The maximum Gasteiger partial charge on any atom is 0.300 e. The topological polar surface area (TPSA) is 60.9 Å². The molecule has 180 valence electrons. The number of anilines is 2. The Labute approximate surface area is 207 Å². The van der Waals surface area contributed by atoms with Gasteiger partial charge in [0.15, 0.2) is 0 Å². The SMILES string of the molecule is CCN(CC)c1ccc(N2C(=O)C(=O)/C(=C(\O)c3ccc(C)c(C)c3)C2c2cccc(C)c2)cc1. The molecule has 35 heavy (non-hydrogen) atoms. The summed E-state index contributed by atoms with van der Waals surface area (Å²) in [6.07, 6.45) is 0. The fourth-order valence-electron chi connectivity index (χ4n) is 4.71. The van der Waals surface area contributed by atoms with Gasteiger partial charge in [-0.25, -0.2) is 0 Å². The third-order valence-corrected chi connectivity index (χ3v) is 6.84. The number of ketones is 1. The van der Waals surface area contributed by atoms with E-state index in [2.05, 4.69) is 18.7 Å². The van der Waals surface area contributed by atoms with Crippen molar-refractivity contribution in [1.82, 2.24) is 0 Å². The van der Waals surface area contributed by atoms with Crippen LogP contribution in [0.1, 0.15) is 47.7 Å². The number of rotatable bonds is 6. The van der Waals surface area contributed by atoms with Crippen molar-refractivity contribution >= 4 is 28.8 Å². The first-order valence-corrected chi connectivity index (χ1v) is 12.1. The molecular formula is C30H32N2O3. The highest BCUT2D eigenvalue weighted by atomic mass is 16.3. The van der Waals surface area contributed by atoms with Gasteiger partial charge in [0.2, 0.25) is 0 Å². The van der Waals surface area contributed by atoms with Gasteiger partial charge in [-0.15, -0.1) is 0 Å². The van der Waals surface area contributed by atoms with E-state index in [0.717, 1.165) is 41.0 Å². The monoisotopic (exact) mass is 468 g/mol. The second-order valence-electron chi connectivity index (χ2n) is 9.07. The van der Waals surface area contributed by atoms with Crippen LogP contribution in [-0.4, -0.2) is 29.9 Å². The van der Waals surface area contributed by atoms with Gasteiger partial charge in [-0.3, -0.25) is 14.5 Å². The van der Waals surface area contributed by atoms with Gasteiger partial charge in [-0.2, -0.15) is 0 Å². The van der Waals surface area contributed by atoms with Crippen LogP contribution in [0.2, 0.25) is 0 Å². The molecule has 0 bridgehead atoms. The molecule has 5 heteroatoms. The minimum atomic E-state index is -0.726. The van der Waals surface area contributed by atoms with Gasteiger partial charge in [0, 0.05) is 30.0 Å². The largest absolute Gasteiger partial charge is 0.507 e. The summed E-state index contributed by atoms with van der Waals surface area (Å²) in [5, 5.41) is 11.3. The summed E-state index contributed by atoms with van der Waals surface area (Å²) >= 11 is 0. The first kappa shape index (κ1) is 24.3. The number of aryl methyl sites for hydroxylation is 3. The number of hydrogen-bond acceptors (Lipinski definition) is 4. The Balaban J connectivity index is 1.89. The molecule has 0 radical (unpaired) electrons. The second-order valence-corrected chi connectivity index (χ2v) is 9.07. The van der Waals surface area contributed by atoms with Crippen molar-refractivity contribution in [3.05, 3.63) is 100 Å². The van der Waals surface area contributed by atoms with E-state index in [1.54, 1.807) is 6.07 Å². The molecule has 4 rings (SSSR count). The van der Waals surface area contributed by atoms with Crippen LogP contribution in [0.4, 0.5) is 11.4 Å². The Kier molecular flexibility index (Phi) is 6.79. The zero-order valence-electron chi connectivity index (χ0n) is 21.0. The summed E-state index contributed by atoms with van der Waals surface area (Å²) in [6, 6.07) is 20.2. The van der Waals surface area contributed by atoms with E-state index in [-0.39, 0.29) is 11.3 Å². The van der Waals surface area contributed by atoms with E-state index in [9.17, 15) is 14.7 Å². The average molecular weight is 469 g/mol. The molecule has 1 fully saturated rings. The fraction of sp³-hybridized carbons (Fsp3) is 0.267. The molecule has 1 atom stereocenters. The van der Waals surface area contributed by atoms with Gasteiger partial charge in [-0.05, 0) is 81.6 Å². The zero-order chi connectivity index (χ0) is 25.3. The molecule has 1 aliphatic rings. The number of nitrogens with zero attached hydrogens (tertiary/aromatic N) is 2. The van der Waals surface area contributed by atoms with Crippen molar-refractivity contribution in [1.29, 1.82) is 0 Å². The molecule has 1 heterocycles. The molecular weight excluding hydrogens is 436 g/mol. The van der Waals surface area contributed by atoms with Gasteiger partial charge in [-0.1, -0.05) is 42.0 Å². The summed E-state index contributed by atoms with van der Waals surface area (Å²) in [4.78, 5) is 30.5. The number of aliphatic hydroxyl groups is 1. The first-order valence-electron chi connectivity index (χ1n) is 12.1. The highest BCUT2D eigenvalue weighted by Gasteiger charge is 2.47. The third-order valence-electron chi connectivity index (χ3n) is 6.84. The molecule has 1 aliphatic heterocycles. The maximum absolute atomic E-state index is 13.4. The number of benzene rings is 3. The van der Waals surface area contributed by atoms with Gasteiger partial charge in [0.25, 0.3) is 11.7 Å². The lowest BCUT2D eigenvalue weighted by atomic mass is 9.93. The number of Topliss-reactive ketones (excluding diaryl/α,β-unsaturated/α-hetero) is 1. The van der Waals surface area contributed by atoms with Crippen LogP contribution in [0.15, 0.2) is 72.3 Å². The molecule has 3 aromatic rings. The average Bonchev–Trinajstić information content (AvgIpc) is 3.12. The third kappa shape index (κ3) is 4.46. The van der Waals surface area contributed by atoms with E-state index in [4.69, 9.17) is 0 Å². The second kappa shape index (κ2) is 9.79. The Morgan fingerprint density at radius 1 is 0.886 bits per heavy atom. The van der Waals surface area contributed by atoms with Crippen molar-refractivity contribution in [2.45, 2.75) is 40.7 Å². The summed E-state index contributed by atoms with van der Waals surface area (Å²) in [6.45, 7) is 11.9. The molecule has 5 nitrogen and oxygen atoms in total. The fourth-order valence-corrected chi connectivity index (χ4v) is 4.71. The standard InChI is InChI=1S/C30H32N2O3/c1-6-31(7-2)24-13-15-25(16-14-24)32-27(22-10-8-9-19(3)17-22)26(29(34)30(32)35)28(33)23-12-11-20(4)21(5)18-23/h8-18,27,33H,6-7H2,1-5H3/b28-26-. The highest BCUT2D eigenvalue weighted by molar-refractivity contribution is 6.51. The lowest BCUT2D eigenvalue weighted by Crippen LogP contribution is -2.29. The van der Waals surface area contributed by atoms with Crippen molar-refractivity contribution in [2.75, 3.05) is 22.9 Å². The van der Waals surface area contributed by atoms with Crippen LogP contribution in [0.5, 0.6) is 0 Å². The van der Waals surface area contributed by atoms with Crippen molar-refractivity contribution in [3.8, 4) is 0 Å². The smallest absolute Gasteiger partial charge is 0.300 e. The van der Waals surface area contributed by atoms with E-state index in [1.165, 1.54) is 4.90 Å². The maximum atomic E-state index is 13.4. The lowest BCUT2D eigenvalue weighted by molar-refractivity contribution is -0.132. The van der Waals surface area contributed by atoms with Gasteiger partial charge in [0.1, 0.15) is 5.76 Å². The van der Waals surface area contributed by atoms with Crippen LogP contribution in [-0.2, 0) is 9.59 Å². The van der Waals surface area contributed by atoms with Gasteiger partial charge < -0.3 is 10.0 Å². The number of carbonyl (C=O) groups excluding carboxylic acids is 2. The highest BCUT2D eigenvalue weighted by Crippen LogP contribution is 2.42. The molecule has 0 aromatic heterocycles. The number of hydrogen-bond donors (Lipinski definition) is 1. The van der Waals surface area contributed by atoms with E-state index < -0.39 is 17.7 Å². The summed E-state index contributed by atoms with van der Waals surface area (Å²) < 4.78 is 0. The molecule has 1 amide bonds. The predicted octanol–water partition coefficient (Wildman–Crippen LogP) is 6.08. The Morgan fingerprint density at radius 2 is 1.57 bits per heavy atom. The normalized spacial score (nSPS) is 17.2. The number of amides is 1. The molecule has 0 saturated carbocycles. The van der Waals surface area contributed by atoms with Crippen molar-refractivity contribution in [3.63, 3.8) is 0 Å². The van der Waals surface area contributed by atoms with Crippen LogP contribution in [0.25, 0.3) is 5.76 Å². The number of carbonyl (C=O) groups is 2. The van der Waals surface area contributed by atoms with Crippen LogP contribution in [0.3, 0.4) is 0 Å². The van der Waals surface area contributed by atoms with Crippen molar-refractivity contribution in [2.24, 2.45) is 0 Å². The lowest BCUT2D eigenvalue weighted by Gasteiger charge is -2.27. The Morgan fingerprint density at radius 3 is 2.17 bits per heavy atom. The van der Waals surface area contributed by atoms with Crippen LogP contribution >= 0.6 is 0 Å². The van der Waals surface area contributed by atoms with Crippen molar-refractivity contribution < 1.29 is 14.7 Å². The number of aliphatic hydroxyl groups excluding tert-OH is 1. The van der Waals surface area contributed by atoms with Gasteiger partial charge in [0.05, 0.1) is 11.6 Å². The Hall–Kier alpha value is -3.86. The summed E-state index contributed by atoms with van der Waals surface area (Å²) in [5.41, 5.74) is 6.19. The summed E-state index contributed by atoms with van der Waals surface area (Å²) in [5.74, 6) is -1.47. The molecule has 3 aromatic carbocycles. The van der Waals surface area contributed by atoms with Crippen LogP contribution < -0.4 is 9.80 Å².